The van der Waals surface area contributed by atoms with E-state index >= 15 is 0 Å². The Kier molecular flexibility index (Phi) is 4.69. The molecular formula is C23H25FN4O3. The molecule has 1 saturated carbocycles. The molecule has 2 aliphatic heterocycles. The highest BCUT2D eigenvalue weighted by Gasteiger charge is 2.61. The number of carbonyl (C=O) groups is 1. The van der Waals surface area contributed by atoms with Crippen LogP contribution in [0.5, 0.6) is 5.75 Å². The van der Waals surface area contributed by atoms with Gasteiger partial charge in [0.15, 0.2) is 11.5 Å². The van der Waals surface area contributed by atoms with Crippen LogP contribution in [0.4, 0.5) is 4.39 Å². The quantitative estimate of drug-likeness (QED) is 0.766. The SMILES string of the molecule is CCO[C@H]1CCC2Oc3ccc(-c4cccnc4F)cc3C3(N=C(N)N(C)C3=O)[C@H]2C1. The van der Waals surface area contributed by atoms with Crippen molar-refractivity contribution in [3.63, 3.8) is 0 Å². The first kappa shape index (κ1) is 19.9. The average Bonchev–Trinajstić information content (AvgIpc) is 3.00. The molecule has 31 heavy (non-hydrogen) atoms. The second-order valence-electron chi connectivity index (χ2n) is 8.31. The summed E-state index contributed by atoms with van der Waals surface area (Å²) in [5, 5.41) is 0. The van der Waals surface area contributed by atoms with Gasteiger partial charge in [-0.2, -0.15) is 4.39 Å². The molecule has 0 radical (unpaired) electrons. The van der Waals surface area contributed by atoms with Crippen LogP contribution in [0.15, 0.2) is 41.5 Å². The van der Waals surface area contributed by atoms with Crippen LogP contribution in [0.3, 0.4) is 0 Å². The molecular weight excluding hydrogens is 399 g/mol. The first-order valence-electron chi connectivity index (χ1n) is 10.6. The molecule has 3 heterocycles. The Balaban J connectivity index is 1.69. The van der Waals surface area contributed by atoms with Gasteiger partial charge in [0.25, 0.3) is 5.91 Å². The number of pyridine rings is 1. The number of fused-ring (bicyclic) bond motifs is 4. The number of ether oxygens (including phenoxy) is 2. The van der Waals surface area contributed by atoms with E-state index in [9.17, 15) is 9.18 Å². The molecule has 1 fully saturated rings. The van der Waals surface area contributed by atoms with E-state index in [0.29, 0.717) is 35.5 Å². The molecule has 162 valence electrons. The first-order valence-corrected chi connectivity index (χ1v) is 10.6. The molecule has 2 aromatic rings. The summed E-state index contributed by atoms with van der Waals surface area (Å²) in [6.45, 7) is 2.57. The number of halogens is 1. The fraction of sp³-hybridized carbons (Fsp3) is 0.435. The topological polar surface area (TPSA) is 90.0 Å². The second-order valence-corrected chi connectivity index (χ2v) is 8.31. The average molecular weight is 424 g/mol. The van der Waals surface area contributed by atoms with Gasteiger partial charge in [-0.05, 0) is 56.0 Å². The van der Waals surface area contributed by atoms with Crippen molar-refractivity contribution in [2.24, 2.45) is 16.6 Å². The van der Waals surface area contributed by atoms with Crippen LogP contribution in [0.25, 0.3) is 11.1 Å². The summed E-state index contributed by atoms with van der Waals surface area (Å²) >= 11 is 0. The summed E-state index contributed by atoms with van der Waals surface area (Å²) in [7, 11) is 1.63. The van der Waals surface area contributed by atoms with Gasteiger partial charge >= 0.3 is 0 Å². The van der Waals surface area contributed by atoms with Gasteiger partial charge in [-0.15, -0.1) is 0 Å². The number of likely N-dealkylation sites (N-methyl/N-ethyl adjacent to an activating group) is 1. The smallest absolute Gasteiger partial charge is 0.262 e. The first-order chi connectivity index (χ1) is 15.0. The summed E-state index contributed by atoms with van der Waals surface area (Å²) in [4.78, 5) is 23.5. The minimum atomic E-state index is -1.21. The zero-order valence-corrected chi connectivity index (χ0v) is 17.5. The van der Waals surface area contributed by atoms with Crippen LogP contribution in [0.1, 0.15) is 31.7 Å². The van der Waals surface area contributed by atoms with Gasteiger partial charge in [0, 0.05) is 36.9 Å². The van der Waals surface area contributed by atoms with Crippen LogP contribution in [0.2, 0.25) is 0 Å². The molecule has 0 bridgehead atoms. The number of aliphatic imine (C=N–C) groups is 1. The van der Waals surface area contributed by atoms with Crippen molar-refractivity contribution in [3.8, 4) is 16.9 Å². The summed E-state index contributed by atoms with van der Waals surface area (Å²) < 4.78 is 26.6. The molecule has 1 aromatic carbocycles. The molecule has 2 unspecified atom stereocenters. The zero-order chi connectivity index (χ0) is 21.8. The number of aromatic nitrogens is 1. The molecule has 1 amide bonds. The Hall–Kier alpha value is -3.00. The number of carbonyl (C=O) groups excluding carboxylic acids is 1. The summed E-state index contributed by atoms with van der Waals surface area (Å²) in [6.07, 6.45) is 3.53. The number of nitrogens with two attached hydrogens (primary N) is 1. The third kappa shape index (κ3) is 2.92. The van der Waals surface area contributed by atoms with E-state index in [-0.39, 0.29) is 30.0 Å². The maximum atomic E-state index is 14.4. The van der Waals surface area contributed by atoms with Crippen LogP contribution in [0, 0.1) is 11.9 Å². The Morgan fingerprint density at radius 1 is 1.35 bits per heavy atom. The lowest BCUT2D eigenvalue weighted by molar-refractivity contribution is -0.139. The standard InChI is InChI=1S/C23H25FN4O3/c1-3-30-14-7-9-19-17(12-14)23(21(29)28(2)22(25)27-23)16-11-13(6-8-18(16)31-19)15-5-4-10-26-20(15)24/h4-6,8,10-11,14,17,19H,3,7,9,12H2,1-2H3,(H2,25,27)/t14-,17-,19?,23?/m0/s1. The molecule has 1 aliphatic carbocycles. The number of nitrogens with zero attached hydrogens (tertiary/aromatic N) is 3. The van der Waals surface area contributed by atoms with Gasteiger partial charge in [0.1, 0.15) is 11.9 Å². The molecule has 7 nitrogen and oxygen atoms in total. The minimum absolute atomic E-state index is 0.0300. The minimum Gasteiger partial charge on any atom is -0.490 e. The molecule has 0 saturated heterocycles. The highest BCUT2D eigenvalue weighted by atomic mass is 19.1. The second kappa shape index (κ2) is 7.30. The largest absolute Gasteiger partial charge is 0.490 e. The van der Waals surface area contributed by atoms with Gasteiger partial charge < -0.3 is 15.2 Å². The number of benzene rings is 1. The summed E-state index contributed by atoms with van der Waals surface area (Å²) in [5.41, 5.74) is 6.51. The van der Waals surface area contributed by atoms with Gasteiger partial charge in [-0.1, -0.05) is 6.07 Å². The van der Waals surface area contributed by atoms with Gasteiger partial charge in [-0.3, -0.25) is 9.69 Å². The van der Waals surface area contributed by atoms with Crippen LogP contribution in [-0.2, 0) is 15.1 Å². The normalized spacial score (nSPS) is 29.4. The van der Waals surface area contributed by atoms with Crippen molar-refractivity contribution < 1.29 is 18.7 Å². The summed E-state index contributed by atoms with van der Waals surface area (Å²) in [6, 6.07) is 8.72. The molecule has 8 heteroatoms. The van der Waals surface area contributed by atoms with Gasteiger partial charge in [-0.25, -0.2) is 9.98 Å². The number of hydrogen-bond acceptors (Lipinski definition) is 6. The monoisotopic (exact) mass is 424 g/mol. The number of guanidine groups is 1. The van der Waals surface area contributed by atoms with Crippen molar-refractivity contribution >= 4 is 11.9 Å². The van der Waals surface area contributed by atoms with Crippen LogP contribution < -0.4 is 10.5 Å². The van der Waals surface area contributed by atoms with Crippen LogP contribution in [-0.4, -0.2) is 47.6 Å². The van der Waals surface area contributed by atoms with Gasteiger partial charge in [0.2, 0.25) is 5.95 Å². The Morgan fingerprint density at radius 3 is 2.90 bits per heavy atom. The number of amides is 1. The lowest BCUT2D eigenvalue weighted by atomic mass is 9.66. The van der Waals surface area contributed by atoms with Crippen molar-refractivity contribution in [1.82, 2.24) is 9.88 Å². The molecule has 4 atom stereocenters. The van der Waals surface area contributed by atoms with Crippen molar-refractivity contribution in [2.75, 3.05) is 13.7 Å². The van der Waals surface area contributed by atoms with Crippen LogP contribution >= 0.6 is 0 Å². The highest BCUT2D eigenvalue weighted by molar-refractivity contribution is 6.07. The van der Waals surface area contributed by atoms with E-state index in [4.69, 9.17) is 20.2 Å². The van der Waals surface area contributed by atoms with E-state index in [1.807, 2.05) is 6.92 Å². The Labute approximate surface area is 180 Å². The zero-order valence-electron chi connectivity index (χ0n) is 17.5. The van der Waals surface area contributed by atoms with Gasteiger partial charge in [0.05, 0.1) is 6.10 Å². The number of rotatable bonds is 3. The fourth-order valence-corrected chi connectivity index (χ4v) is 5.21. The molecule has 3 aliphatic rings. The third-order valence-electron chi connectivity index (χ3n) is 6.68. The molecule has 1 spiro atoms. The molecule has 5 rings (SSSR count). The van der Waals surface area contributed by atoms with E-state index in [1.54, 1.807) is 37.4 Å². The lowest BCUT2D eigenvalue weighted by Crippen LogP contribution is -2.55. The molecule has 2 N–H and O–H groups in total. The number of hydrogen-bond donors (Lipinski definition) is 1. The van der Waals surface area contributed by atoms with Crippen molar-refractivity contribution in [2.45, 2.75) is 43.9 Å². The fourth-order valence-electron chi connectivity index (χ4n) is 5.21. The molecule has 1 aromatic heterocycles. The lowest BCUT2D eigenvalue weighted by Gasteiger charge is -2.47. The maximum absolute atomic E-state index is 14.4. The predicted octanol–water partition coefficient (Wildman–Crippen LogP) is 2.84. The predicted molar refractivity (Wildman–Crippen MR) is 113 cm³/mol. The summed E-state index contributed by atoms with van der Waals surface area (Å²) in [5.74, 6) is -0.226. The Bertz CT molecular complexity index is 1070. The van der Waals surface area contributed by atoms with Crippen molar-refractivity contribution in [1.29, 1.82) is 0 Å². The van der Waals surface area contributed by atoms with E-state index < -0.39 is 11.5 Å². The van der Waals surface area contributed by atoms with E-state index in [0.717, 1.165) is 12.8 Å². The highest BCUT2D eigenvalue weighted by Crippen LogP contribution is 2.54. The maximum Gasteiger partial charge on any atom is 0.262 e. The van der Waals surface area contributed by atoms with Crippen molar-refractivity contribution in [3.05, 3.63) is 48.0 Å². The third-order valence-corrected chi connectivity index (χ3v) is 6.68. The Morgan fingerprint density at radius 2 is 2.19 bits per heavy atom. The van der Waals surface area contributed by atoms with E-state index in [2.05, 4.69) is 4.98 Å². The van der Waals surface area contributed by atoms with E-state index in [1.165, 1.54) is 11.1 Å².